The predicted octanol–water partition coefficient (Wildman–Crippen LogP) is 1.90. The first-order chi connectivity index (χ1) is 5.95. The van der Waals surface area contributed by atoms with Crippen molar-refractivity contribution < 1.29 is 36.3 Å². The van der Waals surface area contributed by atoms with Crippen molar-refractivity contribution in [2.45, 2.75) is 6.92 Å². The Morgan fingerprint density at radius 3 is 2.21 bits per heavy atom. The van der Waals surface area contributed by atoms with Crippen LogP contribution in [0.1, 0.15) is 17.3 Å². The van der Waals surface area contributed by atoms with Gasteiger partial charge >= 0.3 is 82.2 Å². The van der Waals surface area contributed by atoms with E-state index in [1.165, 1.54) is 0 Å². The van der Waals surface area contributed by atoms with Crippen LogP contribution >= 0.6 is 12.4 Å². The third-order valence-corrected chi connectivity index (χ3v) is 2.67. The van der Waals surface area contributed by atoms with Crippen molar-refractivity contribution in [3.8, 4) is 0 Å². The van der Waals surface area contributed by atoms with E-state index in [2.05, 4.69) is 0 Å². The molecule has 0 aliphatic carbocycles. The molecule has 73 valence electrons. The minimum atomic E-state index is -1.38. The summed E-state index contributed by atoms with van der Waals surface area (Å²) in [6.45, 7) is 0.993. The molecule has 0 aliphatic heterocycles. The van der Waals surface area contributed by atoms with Crippen LogP contribution in [0.3, 0.4) is 0 Å². The molecule has 0 heterocycles. The minimum absolute atomic E-state index is 0. The second kappa shape index (κ2) is 4.90. The summed E-state index contributed by atoms with van der Waals surface area (Å²) in [5.74, 6) is -4.30. The Labute approximate surface area is 94.8 Å². The van der Waals surface area contributed by atoms with Crippen molar-refractivity contribution in [1.82, 2.24) is 0 Å². The van der Waals surface area contributed by atoms with Crippen LogP contribution in [-0.2, 0) is 18.3 Å². The van der Waals surface area contributed by atoms with E-state index in [-0.39, 0.29) is 16.6 Å². The summed E-state index contributed by atoms with van der Waals surface area (Å²) in [5, 5.41) is 0. The third kappa shape index (κ3) is 2.34. The fraction of sp³-hybridized carbons (Fsp3) is 0.125. The maximum Gasteiger partial charge on any atom is -0.147 e. The molecule has 0 aromatic heterocycles. The summed E-state index contributed by atoms with van der Waals surface area (Å²) in [5.41, 5.74) is -0.797. The molecule has 0 aliphatic rings. The van der Waals surface area contributed by atoms with Gasteiger partial charge in [0, 0.05) is 0 Å². The monoisotopic (exact) mass is 273 g/mol. The van der Waals surface area contributed by atoms with Gasteiger partial charge in [0.05, 0.1) is 0 Å². The molecule has 0 bridgehead atoms. The zero-order chi connectivity index (χ0) is 10.2. The molecule has 6 heteroatoms. The number of benzene rings is 1. The molecule has 1 rings (SSSR count). The predicted molar refractivity (Wildman–Crippen MR) is 43.2 cm³/mol. The van der Waals surface area contributed by atoms with Crippen molar-refractivity contribution >= 4 is 22.3 Å². The van der Waals surface area contributed by atoms with Crippen LogP contribution in [0.4, 0.5) is 13.2 Å². The molecule has 0 saturated carbocycles. The molecule has 0 fully saturated rings. The molecule has 0 atom stereocenters. The van der Waals surface area contributed by atoms with E-state index in [1.54, 1.807) is 0 Å². The van der Waals surface area contributed by atoms with Gasteiger partial charge in [-0.1, -0.05) is 0 Å². The molecule has 1 aromatic rings. The Kier molecular flexibility index (Phi) is 4.75. The normalized spacial score (nSPS) is 9.57. The summed E-state index contributed by atoms with van der Waals surface area (Å²) < 4.78 is 38.7. The van der Waals surface area contributed by atoms with Gasteiger partial charge in [-0.05, 0) is 0 Å². The van der Waals surface area contributed by atoms with E-state index in [4.69, 9.17) is 0 Å². The topological polar surface area (TPSA) is 17.1 Å². The number of halogens is 4. The summed E-state index contributed by atoms with van der Waals surface area (Å²) >= 11 is 0.303. The average Bonchev–Trinajstić information content (AvgIpc) is 1.99. The van der Waals surface area contributed by atoms with E-state index in [9.17, 15) is 18.0 Å². The van der Waals surface area contributed by atoms with E-state index < -0.39 is 28.8 Å². The fourth-order valence-corrected chi connectivity index (χ4v) is 1.67. The van der Waals surface area contributed by atoms with Gasteiger partial charge in [0.2, 0.25) is 0 Å². The molecule has 0 spiro atoms. The first kappa shape index (κ1) is 13.6. The zero-order valence-electron chi connectivity index (χ0n) is 7.23. The number of rotatable bonds is 1. The van der Waals surface area contributed by atoms with Gasteiger partial charge in [-0.25, -0.2) is 0 Å². The Hall–Kier alpha value is -0.407. The number of carbonyl (C=O) groups excluding carboxylic acids is 1. The molecule has 14 heavy (non-hydrogen) atoms. The van der Waals surface area contributed by atoms with Crippen LogP contribution in [0.5, 0.6) is 0 Å². The number of carbonyl (C=O) groups is 1. The van der Waals surface area contributed by atoms with E-state index in [0.717, 1.165) is 13.0 Å². The molecule has 0 amide bonds. The van der Waals surface area contributed by atoms with Gasteiger partial charge in [0.1, 0.15) is 0 Å². The Morgan fingerprint density at radius 2 is 1.79 bits per heavy atom. The molecule has 1 nitrogen and oxygen atoms in total. The second-order valence-corrected chi connectivity index (χ2v) is 4.17. The van der Waals surface area contributed by atoms with Gasteiger partial charge in [-0.3, -0.25) is 0 Å². The van der Waals surface area contributed by atoms with Crippen molar-refractivity contribution in [2.24, 2.45) is 0 Å². The molecule has 0 unspecified atom stereocenters. The van der Waals surface area contributed by atoms with Crippen LogP contribution in [0, 0.1) is 17.5 Å². The number of Topliss-reactive ketones (excluding diaryl/α,β-unsaturated/α-hetero) is 1. The van der Waals surface area contributed by atoms with E-state index in [1.807, 2.05) is 0 Å². The van der Waals surface area contributed by atoms with Crippen LogP contribution in [-0.4, -0.2) is 5.78 Å². The van der Waals surface area contributed by atoms with Gasteiger partial charge < -0.3 is 0 Å². The van der Waals surface area contributed by atoms with Crippen molar-refractivity contribution in [2.75, 3.05) is 0 Å². The fourth-order valence-electron chi connectivity index (χ4n) is 0.967. The Bertz CT molecular complexity index is 381. The van der Waals surface area contributed by atoms with Gasteiger partial charge in [0.25, 0.3) is 0 Å². The molecule has 0 N–H and O–H groups in total. The second-order valence-electron chi connectivity index (χ2n) is 2.58. The smallest absolute Gasteiger partial charge is 0.147 e. The van der Waals surface area contributed by atoms with Gasteiger partial charge in [-0.15, -0.1) is 12.4 Å². The summed E-state index contributed by atoms with van der Waals surface area (Å²) in [4.78, 5) is 10.7. The van der Waals surface area contributed by atoms with Gasteiger partial charge in [0.15, 0.2) is 0 Å². The van der Waals surface area contributed by atoms with Crippen LogP contribution in [0.25, 0.3) is 0 Å². The van der Waals surface area contributed by atoms with Crippen LogP contribution in [0.15, 0.2) is 6.07 Å². The zero-order valence-corrected chi connectivity index (χ0v) is 11.0. The number of ketones is 1. The first-order valence-corrected chi connectivity index (χ1v) is 4.94. The standard InChI is InChI=1S/C8H4F3O.ClH.Zn/c1-4(12)7-5(9)2-3-6(10)8(7)11;;/h2H,1H3;1H;. The molecule has 0 saturated heterocycles. The summed E-state index contributed by atoms with van der Waals surface area (Å²) in [6.07, 6.45) is 0. The van der Waals surface area contributed by atoms with Crippen LogP contribution in [0.2, 0.25) is 0 Å². The van der Waals surface area contributed by atoms with Crippen molar-refractivity contribution in [3.63, 3.8) is 0 Å². The van der Waals surface area contributed by atoms with Crippen molar-refractivity contribution in [1.29, 1.82) is 0 Å². The third-order valence-electron chi connectivity index (χ3n) is 1.59. The van der Waals surface area contributed by atoms with Crippen LogP contribution < -0.4 is 4.16 Å². The maximum atomic E-state index is 13.0. The Balaban J connectivity index is 0.00000169. The molecule has 0 radical (unpaired) electrons. The molecule has 1 aromatic carbocycles. The SMILES string of the molecule is CC(=O)c1c(F)c[c]([Zn])c(F)c1F.Cl. The molecular weight excluding hydrogens is 270 g/mol. The van der Waals surface area contributed by atoms with E-state index in [0.29, 0.717) is 18.3 Å². The number of hydrogen-bond acceptors (Lipinski definition) is 1. The largest absolute Gasteiger partial charge is 0.147 e. The average molecular weight is 275 g/mol. The van der Waals surface area contributed by atoms with E-state index >= 15 is 0 Å². The Morgan fingerprint density at radius 1 is 1.29 bits per heavy atom. The summed E-state index contributed by atoms with van der Waals surface area (Å²) in [7, 11) is 0. The molecular formula is C8H5ClF3OZn. The summed E-state index contributed by atoms with van der Waals surface area (Å²) in [6, 6.07) is 0.856. The maximum absolute atomic E-state index is 13.0. The minimum Gasteiger partial charge on any atom is -0.147 e. The number of hydrogen-bond donors (Lipinski definition) is 0. The van der Waals surface area contributed by atoms with Crippen molar-refractivity contribution in [3.05, 3.63) is 29.1 Å². The first-order valence-electron chi connectivity index (χ1n) is 3.45. The quantitative estimate of drug-likeness (QED) is 0.434. The van der Waals surface area contributed by atoms with Gasteiger partial charge in [-0.2, -0.15) is 0 Å².